The number of rotatable bonds is 5. The number of thioether (sulfide) groups is 2. The lowest BCUT2D eigenvalue weighted by atomic mass is 10.4. The van der Waals surface area contributed by atoms with Crippen LogP contribution in [0.2, 0.25) is 0 Å². The van der Waals surface area contributed by atoms with Crippen molar-refractivity contribution in [1.29, 1.82) is 0 Å². The molecule has 0 aliphatic carbocycles. The fraction of sp³-hybridized carbons (Fsp3) is 0.455. The Morgan fingerprint density at radius 2 is 2.20 bits per heavy atom. The summed E-state index contributed by atoms with van der Waals surface area (Å²) in [7, 11) is 0. The van der Waals surface area contributed by atoms with Crippen LogP contribution in [0.25, 0.3) is 0 Å². The van der Waals surface area contributed by atoms with Gasteiger partial charge in [0.2, 0.25) is 0 Å². The molecule has 0 saturated heterocycles. The number of hydrogen-bond donors (Lipinski definition) is 0. The summed E-state index contributed by atoms with van der Waals surface area (Å²) in [6.07, 6.45) is 1.87. The first-order valence-electron chi connectivity index (χ1n) is 4.88. The molecule has 2 nitrogen and oxygen atoms in total. The van der Waals surface area contributed by atoms with Crippen LogP contribution in [0.3, 0.4) is 0 Å². The minimum absolute atomic E-state index is 0.546. The summed E-state index contributed by atoms with van der Waals surface area (Å²) in [6.45, 7) is 10.1. The summed E-state index contributed by atoms with van der Waals surface area (Å²) in [5.74, 6) is 0.880. The molecule has 0 bridgehead atoms. The van der Waals surface area contributed by atoms with Crippen molar-refractivity contribution in [2.75, 3.05) is 5.75 Å². The van der Waals surface area contributed by atoms with Crippen molar-refractivity contribution in [3.63, 3.8) is 0 Å². The molecular formula is C11H16N2S2. The maximum atomic E-state index is 4.23. The molecule has 0 atom stereocenters. The highest BCUT2D eigenvalue weighted by molar-refractivity contribution is 8.00. The topological polar surface area (TPSA) is 25.8 Å². The number of hydrogen-bond acceptors (Lipinski definition) is 4. The van der Waals surface area contributed by atoms with E-state index in [1.807, 2.05) is 6.08 Å². The van der Waals surface area contributed by atoms with Crippen molar-refractivity contribution >= 4 is 23.5 Å². The van der Waals surface area contributed by atoms with Gasteiger partial charge in [-0.25, -0.2) is 0 Å². The molecule has 1 aromatic rings. The summed E-state index contributed by atoms with van der Waals surface area (Å²) in [6, 6.07) is 2.09. The van der Waals surface area contributed by atoms with Gasteiger partial charge in [-0.15, -0.1) is 40.3 Å². The average molecular weight is 240 g/mol. The average Bonchev–Trinajstić information content (AvgIpc) is 2.18. The molecule has 0 saturated carbocycles. The van der Waals surface area contributed by atoms with E-state index >= 15 is 0 Å². The molecule has 0 aliphatic heterocycles. The minimum atomic E-state index is 0.546. The van der Waals surface area contributed by atoms with Crippen molar-refractivity contribution < 1.29 is 0 Å². The molecule has 0 amide bonds. The summed E-state index contributed by atoms with van der Waals surface area (Å²) in [5.41, 5.74) is 1.20. The summed E-state index contributed by atoms with van der Waals surface area (Å²) < 4.78 is 0. The highest BCUT2D eigenvalue weighted by Crippen LogP contribution is 2.25. The Kier molecular flexibility index (Phi) is 5.19. The van der Waals surface area contributed by atoms with Crippen molar-refractivity contribution in [2.45, 2.75) is 36.1 Å². The molecule has 82 valence electrons. The lowest BCUT2D eigenvalue weighted by Gasteiger charge is -2.07. The Labute approximate surface area is 100.0 Å². The van der Waals surface area contributed by atoms with Gasteiger partial charge in [-0.2, -0.15) is 0 Å². The Bertz CT molecular complexity index is 337. The zero-order valence-electron chi connectivity index (χ0n) is 9.36. The number of aromatic nitrogens is 2. The predicted octanol–water partition coefficient (Wildman–Crippen LogP) is 3.56. The van der Waals surface area contributed by atoms with Crippen LogP contribution in [-0.2, 0) is 0 Å². The maximum Gasteiger partial charge on any atom is 0.122 e. The van der Waals surface area contributed by atoms with Gasteiger partial charge in [0.25, 0.3) is 0 Å². The molecule has 0 unspecified atom stereocenters. The zero-order chi connectivity index (χ0) is 11.3. The summed E-state index contributed by atoms with van der Waals surface area (Å²) in [4.78, 5) is 0. The van der Waals surface area contributed by atoms with E-state index in [1.54, 1.807) is 23.5 Å². The first-order chi connectivity index (χ1) is 7.13. The maximum absolute atomic E-state index is 4.23. The summed E-state index contributed by atoms with van der Waals surface area (Å²) in [5, 5.41) is 11.0. The highest BCUT2D eigenvalue weighted by atomic mass is 32.2. The second kappa shape index (κ2) is 6.18. The van der Waals surface area contributed by atoms with Crippen molar-refractivity contribution in [2.24, 2.45) is 0 Å². The van der Waals surface area contributed by atoms with Gasteiger partial charge in [-0.3, -0.25) is 0 Å². The molecule has 0 radical (unpaired) electrons. The third kappa shape index (κ3) is 4.26. The van der Waals surface area contributed by atoms with Crippen molar-refractivity contribution in [3.05, 3.63) is 24.3 Å². The molecule has 1 heterocycles. The van der Waals surface area contributed by atoms with E-state index < -0.39 is 0 Å². The van der Waals surface area contributed by atoms with E-state index in [0.717, 1.165) is 15.8 Å². The fourth-order valence-corrected chi connectivity index (χ4v) is 2.43. The Morgan fingerprint density at radius 3 is 2.73 bits per heavy atom. The van der Waals surface area contributed by atoms with Gasteiger partial charge in [-0.05, 0) is 18.6 Å². The van der Waals surface area contributed by atoms with E-state index in [2.05, 4.69) is 43.6 Å². The van der Waals surface area contributed by atoms with Gasteiger partial charge in [-0.1, -0.05) is 19.9 Å². The van der Waals surface area contributed by atoms with Crippen LogP contribution in [0.5, 0.6) is 0 Å². The van der Waals surface area contributed by atoms with E-state index in [1.165, 1.54) is 5.56 Å². The molecule has 0 fully saturated rings. The van der Waals surface area contributed by atoms with Crippen LogP contribution in [0.4, 0.5) is 0 Å². The van der Waals surface area contributed by atoms with E-state index in [4.69, 9.17) is 0 Å². The molecule has 0 spiro atoms. The Morgan fingerprint density at radius 1 is 1.47 bits per heavy atom. The third-order valence-electron chi connectivity index (χ3n) is 1.61. The Balaban J connectivity index is 2.73. The number of nitrogens with zero attached hydrogens (tertiary/aromatic N) is 2. The van der Waals surface area contributed by atoms with Crippen LogP contribution >= 0.6 is 23.5 Å². The largest absolute Gasteiger partial charge is 0.143 e. The van der Waals surface area contributed by atoms with Gasteiger partial charge in [0.05, 0.1) is 0 Å². The van der Waals surface area contributed by atoms with Crippen LogP contribution in [0.1, 0.15) is 19.4 Å². The zero-order valence-corrected chi connectivity index (χ0v) is 11.0. The number of aryl methyl sites for hydroxylation is 1. The molecule has 0 aromatic carbocycles. The molecule has 0 N–H and O–H groups in total. The predicted molar refractivity (Wildman–Crippen MR) is 68.7 cm³/mol. The lowest BCUT2D eigenvalue weighted by molar-refractivity contribution is 0.834. The van der Waals surface area contributed by atoms with Gasteiger partial charge in [0.15, 0.2) is 0 Å². The third-order valence-corrected chi connectivity index (χ3v) is 3.61. The SMILES string of the molecule is C=CCSc1cc(C)c(SC(C)C)nn1. The first kappa shape index (κ1) is 12.6. The second-order valence-corrected chi connectivity index (χ2v) is 6.04. The van der Waals surface area contributed by atoms with Gasteiger partial charge >= 0.3 is 0 Å². The molecule has 4 heteroatoms. The van der Waals surface area contributed by atoms with Gasteiger partial charge in [0, 0.05) is 11.0 Å². The quantitative estimate of drug-likeness (QED) is 0.580. The molecule has 1 rings (SSSR count). The van der Waals surface area contributed by atoms with Crippen LogP contribution in [-0.4, -0.2) is 21.2 Å². The second-order valence-electron chi connectivity index (χ2n) is 3.44. The van der Waals surface area contributed by atoms with E-state index in [-0.39, 0.29) is 0 Å². The van der Waals surface area contributed by atoms with Crippen molar-refractivity contribution in [1.82, 2.24) is 10.2 Å². The highest BCUT2D eigenvalue weighted by Gasteiger charge is 2.06. The van der Waals surface area contributed by atoms with Crippen LogP contribution < -0.4 is 0 Å². The standard InChI is InChI=1S/C11H16N2S2/c1-5-6-14-10-7-9(4)11(13-12-10)15-8(2)3/h5,7-8H,1,6H2,2-4H3. The van der Waals surface area contributed by atoms with E-state index in [0.29, 0.717) is 5.25 Å². The van der Waals surface area contributed by atoms with Crippen LogP contribution in [0.15, 0.2) is 28.8 Å². The van der Waals surface area contributed by atoms with Crippen molar-refractivity contribution in [3.8, 4) is 0 Å². The lowest BCUT2D eigenvalue weighted by Crippen LogP contribution is -1.96. The minimum Gasteiger partial charge on any atom is -0.143 e. The fourth-order valence-electron chi connectivity index (χ4n) is 1.00. The van der Waals surface area contributed by atoms with E-state index in [9.17, 15) is 0 Å². The molecule has 1 aromatic heterocycles. The van der Waals surface area contributed by atoms with Gasteiger partial charge < -0.3 is 0 Å². The van der Waals surface area contributed by atoms with Crippen LogP contribution in [0, 0.1) is 6.92 Å². The van der Waals surface area contributed by atoms with Gasteiger partial charge in [0.1, 0.15) is 10.1 Å². The summed E-state index contributed by atoms with van der Waals surface area (Å²) >= 11 is 3.42. The Hall–Kier alpha value is -0.480. The molecular weight excluding hydrogens is 224 g/mol. The monoisotopic (exact) mass is 240 g/mol. The smallest absolute Gasteiger partial charge is 0.122 e. The molecule has 15 heavy (non-hydrogen) atoms. The first-order valence-corrected chi connectivity index (χ1v) is 6.74. The molecule has 0 aliphatic rings. The normalized spacial score (nSPS) is 10.7.